The molecule has 0 saturated carbocycles. The molecule has 2 aromatic rings. The number of aryl methyl sites for hydroxylation is 1. The summed E-state index contributed by atoms with van der Waals surface area (Å²) in [5.41, 5.74) is 1.63. The van der Waals surface area contributed by atoms with Gasteiger partial charge < -0.3 is 15.0 Å². The first-order chi connectivity index (χ1) is 12.7. The van der Waals surface area contributed by atoms with Crippen molar-refractivity contribution in [3.05, 3.63) is 40.5 Å². The number of hydrogen-bond acceptors (Lipinski definition) is 6. The SMILES string of the molecule is Cc1nccnc1N1C[C@@H]2[C@H](CNC(=O)c3ccsc3)[C@H]3CC[C@]2(C1)O3. The van der Waals surface area contributed by atoms with Crippen molar-refractivity contribution in [3.63, 3.8) is 0 Å². The number of nitrogens with zero attached hydrogens (tertiary/aromatic N) is 3. The van der Waals surface area contributed by atoms with E-state index in [1.807, 2.05) is 23.8 Å². The topological polar surface area (TPSA) is 67.4 Å². The molecular formula is C19H22N4O2S. The molecule has 0 unspecified atom stereocenters. The number of ether oxygens (including phenoxy) is 1. The van der Waals surface area contributed by atoms with E-state index >= 15 is 0 Å². The number of rotatable bonds is 4. The van der Waals surface area contributed by atoms with E-state index in [-0.39, 0.29) is 17.6 Å². The van der Waals surface area contributed by atoms with Crippen LogP contribution in [-0.4, -0.2) is 47.2 Å². The summed E-state index contributed by atoms with van der Waals surface area (Å²) in [4.78, 5) is 23.6. The van der Waals surface area contributed by atoms with Gasteiger partial charge in [-0.15, -0.1) is 0 Å². The molecule has 1 N–H and O–H groups in total. The van der Waals surface area contributed by atoms with E-state index in [2.05, 4.69) is 20.2 Å². The molecule has 7 heteroatoms. The van der Waals surface area contributed by atoms with Crippen LogP contribution in [-0.2, 0) is 4.74 Å². The summed E-state index contributed by atoms with van der Waals surface area (Å²) in [6.07, 6.45) is 5.95. The fraction of sp³-hybridized carbons (Fsp3) is 0.526. The van der Waals surface area contributed by atoms with E-state index in [1.165, 1.54) is 0 Å². The molecule has 0 radical (unpaired) electrons. The molecule has 2 bridgehead atoms. The highest BCUT2D eigenvalue weighted by molar-refractivity contribution is 7.08. The van der Waals surface area contributed by atoms with Gasteiger partial charge in [0.1, 0.15) is 5.82 Å². The monoisotopic (exact) mass is 370 g/mol. The average Bonchev–Trinajstić information content (AvgIpc) is 3.40. The van der Waals surface area contributed by atoms with Gasteiger partial charge in [0.15, 0.2) is 0 Å². The van der Waals surface area contributed by atoms with Gasteiger partial charge in [-0.05, 0) is 31.2 Å². The van der Waals surface area contributed by atoms with Crippen LogP contribution in [0, 0.1) is 18.8 Å². The van der Waals surface area contributed by atoms with Crippen molar-refractivity contribution >= 4 is 23.1 Å². The maximum atomic E-state index is 12.3. The molecule has 136 valence electrons. The van der Waals surface area contributed by atoms with Crippen LogP contribution in [0.4, 0.5) is 5.82 Å². The van der Waals surface area contributed by atoms with Crippen molar-refractivity contribution in [2.75, 3.05) is 24.5 Å². The van der Waals surface area contributed by atoms with Gasteiger partial charge in [-0.1, -0.05) is 0 Å². The van der Waals surface area contributed by atoms with Gasteiger partial charge in [-0.3, -0.25) is 9.78 Å². The predicted octanol–water partition coefficient (Wildman–Crippen LogP) is 2.26. The van der Waals surface area contributed by atoms with Crippen LogP contribution in [0.25, 0.3) is 0 Å². The lowest BCUT2D eigenvalue weighted by Gasteiger charge is -2.29. The summed E-state index contributed by atoms with van der Waals surface area (Å²) < 4.78 is 6.47. The minimum Gasteiger partial charge on any atom is -0.369 e. The first kappa shape index (κ1) is 16.2. The lowest BCUT2D eigenvalue weighted by atomic mass is 9.73. The second kappa shape index (κ2) is 6.03. The van der Waals surface area contributed by atoms with E-state index in [1.54, 1.807) is 23.7 Å². The maximum Gasteiger partial charge on any atom is 0.252 e. The maximum absolute atomic E-state index is 12.3. The van der Waals surface area contributed by atoms with Crippen LogP contribution < -0.4 is 10.2 Å². The quantitative estimate of drug-likeness (QED) is 0.894. The summed E-state index contributed by atoms with van der Waals surface area (Å²) >= 11 is 1.55. The Bertz CT molecular complexity index is 827. The Morgan fingerprint density at radius 3 is 3.15 bits per heavy atom. The third kappa shape index (κ3) is 2.45. The number of carbonyl (C=O) groups is 1. The van der Waals surface area contributed by atoms with Gasteiger partial charge in [0.2, 0.25) is 0 Å². The van der Waals surface area contributed by atoms with E-state index in [9.17, 15) is 4.79 Å². The normalized spacial score (nSPS) is 32.0. The average molecular weight is 370 g/mol. The fourth-order valence-corrected chi connectivity index (χ4v) is 5.68. The Kier molecular flexibility index (Phi) is 3.76. The van der Waals surface area contributed by atoms with Gasteiger partial charge in [0, 0.05) is 54.8 Å². The van der Waals surface area contributed by atoms with Crippen molar-refractivity contribution in [3.8, 4) is 0 Å². The molecule has 3 aliphatic heterocycles. The summed E-state index contributed by atoms with van der Waals surface area (Å²) in [6.45, 7) is 4.49. The van der Waals surface area contributed by atoms with Crippen LogP contribution >= 0.6 is 11.3 Å². The van der Waals surface area contributed by atoms with Crippen molar-refractivity contribution in [2.24, 2.45) is 11.8 Å². The second-order valence-electron chi connectivity index (χ2n) is 7.60. The van der Waals surface area contributed by atoms with E-state index in [0.29, 0.717) is 18.4 Å². The molecule has 26 heavy (non-hydrogen) atoms. The van der Waals surface area contributed by atoms with E-state index < -0.39 is 0 Å². The van der Waals surface area contributed by atoms with Crippen molar-refractivity contribution < 1.29 is 9.53 Å². The molecular weight excluding hydrogens is 348 g/mol. The van der Waals surface area contributed by atoms with Crippen LogP contribution in [0.2, 0.25) is 0 Å². The highest BCUT2D eigenvalue weighted by atomic mass is 32.1. The minimum absolute atomic E-state index is 0.0164. The zero-order valence-electron chi connectivity index (χ0n) is 14.7. The van der Waals surface area contributed by atoms with Crippen molar-refractivity contribution in [1.29, 1.82) is 0 Å². The van der Waals surface area contributed by atoms with E-state index in [4.69, 9.17) is 4.74 Å². The molecule has 6 nitrogen and oxygen atoms in total. The lowest BCUT2D eigenvalue weighted by Crippen LogP contribution is -2.41. The molecule has 0 aliphatic carbocycles. The number of nitrogens with one attached hydrogen (secondary N) is 1. The number of hydrogen-bond donors (Lipinski definition) is 1. The fourth-order valence-electron chi connectivity index (χ4n) is 5.04. The smallest absolute Gasteiger partial charge is 0.252 e. The molecule has 2 aromatic heterocycles. The number of amides is 1. The summed E-state index contributed by atoms with van der Waals surface area (Å²) in [5, 5.41) is 6.95. The van der Waals surface area contributed by atoms with Crippen LogP contribution in [0.1, 0.15) is 28.9 Å². The second-order valence-corrected chi connectivity index (χ2v) is 8.38. The molecule has 3 fully saturated rings. The molecule has 3 aliphatic rings. The first-order valence-electron chi connectivity index (χ1n) is 9.17. The minimum atomic E-state index is -0.0770. The van der Waals surface area contributed by atoms with Gasteiger partial charge >= 0.3 is 0 Å². The lowest BCUT2D eigenvalue weighted by molar-refractivity contribution is 0.0141. The largest absolute Gasteiger partial charge is 0.369 e. The highest BCUT2D eigenvalue weighted by Crippen LogP contribution is 2.55. The number of anilines is 1. The summed E-state index contributed by atoms with van der Waals surface area (Å²) in [6, 6.07) is 1.87. The van der Waals surface area contributed by atoms with Gasteiger partial charge in [-0.2, -0.15) is 11.3 Å². The molecule has 4 atom stereocenters. The molecule has 0 aromatic carbocycles. The number of carbonyl (C=O) groups excluding carboxylic acids is 1. The third-order valence-corrected chi connectivity index (χ3v) is 6.90. The Labute approximate surface area is 156 Å². The number of thiophene rings is 1. The van der Waals surface area contributed by atoms with Gasteiger partial charge in [0.05, 0.1) is 17.4 Å². The zero-order valence-corrected chi connectivity index (χ0v) is 15.5. The van der Waals surface area contributed by atoms with E-state index in [0.717, 1.165) is 43.0 Å². The Balaban J connectivity index is 1.32. The standard InChI is InChI=1S/C19H22N4O2S/c1-12-17(21-6-5-20-12)23-9-15-14(16-2-4-19(15,11-23)25-16)8-22-18(24)13-3-7-26-10-13/h3,5-7,10,14-16H,2,4,8-9,11H2,1H3,(H,22,24)/t14-,15+,16+,19+/m0/s1. The highest BCUT2D eigenvalue weighted by Gasteiger charge is 2.63. The summed E-state index contributed by atoms with van der Waals surface area (Å²) in [7, 11) is 0. The molecule has 5 heterocycles. The summed E-state index contributed by atoms with van der Waals surface area (Å²) in [5.74, 6) is 1.78. The molecule has 5 rings (SSSR count). The zero-order chi connectivity index (χ0) is 17.7. The predicted molar refractivity (Wildman–Crippen MR) is 99.5 cm³/mol. The first-order valence-corrected chi connectivity index (χ1v) is 10.1. The number of fused-ring (bicyclic) bond motifs is 1. The van der Waals surface area contributed by atoms with Gasteiger partial charge in [0.25, 0.3) is 5.91 Å². The molecule has 1 amide bonds. The molecule has 3 saturated heterocycles. The van der Waals surface area contributed by atoms with Crippen molar-refractivity contribution in [2.45, 2.75) is 31.5 Å². The number of aromatic nitrogens is 2. The Morgan fingerprint density at radius 1 is 1.46 bits per heavy atom. The van der Waals surface area contributed by atoms with Crippen LogP contribution in [0.15, 0.2) is 29.2 Å². The Morgan fingerprint density at radius 2 is 2.35 bits per heavy atom. The molecule has 1 spiro atoms. The van der Waals surface area contributed by atoms with Crippen molar-refractivity contribution in [1.82, 2.24) is 15.3 Å². The van der Waals surface area contributed by atoms with Crippen LogP contribution in [0.5, 0.6) is 0 Å². The third-order valence-electron chi connectivity index (χ3n) is 6.22. The Hall–Kier alpha value is -1.99. The van der Waals surface area contributed by atoms with Gasteiger partial charge in [-0.25, -0.2) is 4.98 Å². The van der Waals surface area contributed by atoms with Crippen LogP contribution in [0.3, 0.4) is 0 Å².